The second-order valence-corrected chi connectivity index (χ2v) is 5.18. The van der Waals surface area contributed by atoms with Gasteiger partial charge in [0.05, 0.1) is 29.6 Å². The zero-order valence-electron chi connectivity index (χ0n) is 12.3. The topological polar surface area (TPSA) is 47.4 Å². The van der Waals surface area contributed by atoms with Gasteiger partial charge in [-0.15, -0.1) is 0 Å². The van der Waals surface area contributed by atoms with Crippen molar-refractivity contribution in [3.63, 3.8) is 0 Å². The number of carbonyl (C=O) groups is 1. The van der Waals surface area contributed by atoms with Crippen molar-refractivity contribution in [2.45, 2.75) is 33.6 Å². The van der Waals surface area contributed by atoms with E-state index >= 15 is 0 Å². The molecule has 1 saturated heterocycles. The molecule has 1 aromatic heterocycles. The van der Waals surface area contributed by atoms with Crippen molar-refractivity contribution in [3.05, 3.63) is 11.4 Å². The van der Waals surface area contributed by atoms with E-state index in [1.165, 1.54) is 5.69 Å². The van der Waals surface area contributed by atoms with E-state index in [0.717, 1.165) is 37.3 Å². The number of rotatable bonds is 3. The van der Waals surface area contributed by atoms with Gasteiger partial charge in [-0.05, 0) is 33.6 Å². The number of carbonyl (C=O) groups excluding carboxylic acids is 1. The predicted molar refractivity (Wildman–Crippen MR) is 74.3 cm³/mol. The molecule has 1 atom stereocenters. The van der Waals surface area contributed by atoms with Crippen molar-refractivity contribution in [3.8, 4) is 0 Å². The van der Waals surface area contributed by atoms with Gasteiger partial charge in [-0.25, -0.2) is 0 Å². The third kappa shape index (κ3) is 2.74. The van der Waals surface area contributed by atoms with Gasteiger partial charge in [-0.1, -0.05) is 0 Å². The van der Waals surface area contributed by atoms with Crippen molar-refractivity contribution in [1.82, 2.24) is 9.78 Å². The van der Waals surface area contributed by atoms with Gasteiger partial charge in [0.15, 0.2) is 0 Å². The summed E-state index contributed by atoms with van der Waals surface area (Å²) in [4.78, 5) is 14.2. The van der Waals surface area contributed by atoms with Crippen LogP contribution in [0, 0.1) is 19.8 Å². The van der Waals surface area contributed by atoms with Crippen LogP contribution in [0.25, 0.3) is 0 Å². The molecule has 0 spiro atoms. The van der Waals surface area contributed by atoms with Crippen LogP contribution in [0.2, 0.25) is 0 Å². The first-order chi connectivity index (χ1) is 9.04. The van der Waals surface area contributed by atoms with E-state index in [2.05, 4.69) is 16.9 Å². The maximum atomic E-state index is 11.9. The number of nitrogens with zero attached hydrogens (tertiary/aromatic N) is 3. The van der Waals surface area contributed by atoms with E-state index < -0.39 is 0 Å². The standard InChI is InChI=1S/C14H23N3O2/c1-5-19-14(18)12-7-6-8-17(9-12)13-10(2)15-16(4)11(13)3/h12H,5-9H2,1-4H3. The number of hydrogen-bond acceptors (Lipinski definition) is 4. The molecule has 2 rings (SSSR count). The Morgan fingerprint density at radius 3 is 2.79 bits per heavy atom. The number of piperidine rings is 1. The maximum Gasteiger partial charge on any atom is 0.310 e. The van der Waals surface area contributed by atoms with Gasteiger partial charge in [-0.2, -0.15) is 5.10 Å². The van der Waals surface area contributed by atoms with E-state index in [4.69, 9.17) is 4.74 Å². The number of esters is 1. The molecule has 0 N–H and O–H groups in total. The first kappa shape index (κ1) is 13.9. The fraction of sp³-hybridized carbons (Fsp3) is 0.714. The van der Waals surface area contributed by atoms with E-state index in [0.29, 0.717) is 6.61 Å². The molecule has 1 aliphatic rings. The molecule has 0 aliphatic carbocycles. The number of aromatic nitrogens is 2. The second-order valence-electron chi connectivity index (χ2n) is 5.18. The third-order valence-electron chi connectivity index (χ3n) is 3.83. The molecular formula is C14H23N3O2. The monoisotopic (exact) mass is 265 g/mol. The van der Waals surface area contributed by atoms with Crippen LogP contribution >= 0.6 is 0 Å². The summed E-state index contributed by atoms with van der Waals surface area (Å²) in [5, 5.41) is 4.45. The fourth-order valence-corrected chi connectivity index (χ4v) is 2.85. The molecule has 5 heteroatoms. The summed E-state index contributed by atoms with van der Waals surface area (Å²) >= 11 is 0. The van der Waals surface area contributed by atoms with Gasteiger partial charge in [0.1, 0.15) is 0 Å². The lowest BCUT2D eigenvalue weighted by Crippen LogP contribution is -2.39. The van der Waals surface area contributed by atoms with Crippen molar-refractivity contribution < 1.29 is 9.53 Å². The first-order valence-corrected chi connectivity index (χ1v) is 6.96. The number of hydrogen-bond donors (Lipinski definition) is 0. The lowest BCUT2D eigenvalue weighted by atomic mass is 9.97. The smallest absolute Gasteiger partial charge is 0.310 e. The van der Waals surface area contributed by atoms with E-state index in [1.807, 2.05) is 25.6 Å². The maximum absolute atomic E-state index is 11.9. The zero-order chi connectivity index (χ0) is 14.0. The molecule has 0 aromatic carbocycles. The number of ether oxygens (including phenoxy) is 1. The Bertz CT molecular complexity index is 468. The normalized spacial score (nSPS) is 19.6. The number of aryl methyl sites for hydroxylation is 2. The molecule has 0 saturated carbocycles. The molecule has 0 amide bonds. The van der Waals surface area contributed by atoms with Crippen molar-refractivity contribution in [2.24, 2.45) is 13.0 Å². The summed E-state index contributed by atoms with van der Waals surface area (Å²) in [6, 6.07) is 0. The molecule has 106 valence electrons. The van der Waals surface area contributed by atoms with Crippen molar-refractivity contribution >= 4 is 11.7 Å². The minimum atomic E-state index is -0.0635. The number of anilines is 1. The Balaban J connectivity index is 2.15. The lowest BCUT2D eigenvalue weighted by molar-refractivity contribution is -0.148. The Kier molecular flexibility index (Phi) is 4.12. The molecule has 2 heterocycles. The molecule has 1 aliphatic heterocycles. The minimum absolute atomic E-state index is 0.00675. The van der Waals surface area contributed by atoms with Gasteiger partial charge in [-0.3, -0.25) is 9.48 Å². The summed E-state index contributed by atoms with van der Waals surface area (Å²) in [6.45, 7) is 8.14. The summed E-state index contributed by atoms with van der Waals surface area (Å²) in [5.74, 6) is -0.0703. The van der Waals surface area contributed by atoms with Crippen LogP contribution in [0.3, 0.4) is 0 Å². The Labute approximate surface area is 114 Å². The molecule has 1 aromatic rings. The molecular weight excluding hydrogens is 242 g/mol. The zero-order valence-corrected chi connectivity index (χ0v) is 12.3. The molecule has 0 bridgehead atoms. The van der Waals surface area contributed by atoms with Gasteiger partial charge in [0, 0.05) is 20.1 Å². The second kappa shape index (κ2) is 5.63. The fourth-order valence-electron chi connectivity index (χ4n) is 2.85. The Morgan fingerprint density at radius 2 is 2.21 bits per heavy atom. The highest BCUT2D eigenvalue weighted by atomic mass is 16.5. The summed E-state index contributed by atoms with van der Waals surface area (Å²) in [7, 11) is 1.96. The van der Waals surface area contributed by atoms with Gasteiger partial charge in [0.2, 0.25) is 0 Å². The largest absolute Gasteiger partial charge is 0.466 e. The van der Waals surface area contributed by atoms with Crippen LogP contribution in [0.4, 0.5) is 5.69 Å². The molecule has 5 nitrogen and oxygen atoms in total. The highest BCUT2D eigenvalue weighted by molar-refractivity contribution is 5.74. The summed E-state index contributed by atoms with van der Waals surface area (Å²) in [5.41, 5.74) is 3.36. The quantitative estimate of drug-likeness (QED) is 0.782. The summed E-state index contributed by atoms with van der Waals surface area (Å²) in [6.07, 6.45) is 1.95. The highest BCUT2D eigenvalue weighted by Crippen LogP contribution is 2.29. The van der Waals surface area contributed by atoms with Crippen molar-refractivity contribution in [1.29, 1.82) is 0 Å². The molecule has 19 heavy (non-hydrogen) atoms. The Morgan fingerprint density at radius 1 is 1.47 bits per heavy atom. The molecule has 0 radical (unpaired) electrons. The van der Waals surface area contributed by atoms with Crippen LogP contribution in [0.15, 0.2) is 0 Å². The van der Waals surface area contributed by atoms with Crippen LogP contribution in [0.1, 0.15) is 31.2 Å². The van der Waals surface area contributed by atoms with E-state index in [-0.39, 0.29) is 11.9 Å². The van der Waals surface area contributed by atoms with Crippen molar-refractivity contribution in [2.75, 3.05) is 24.6 Å². The van der Waals surface area contributed by atoms with Crippen LogP contribution in [-0.4, -0.2) is 35.4 Å². The predicted octanol–water partition coefficient (Wildman–Crippen LogP) is 1.82. The van der Waals surface area contributed by atoms with Crippen LogP contribution in [-0.2, 0) is 16.6 Å². The molecule has 1 fully saturated rings. The van der Waals surface area contributed by atoms with Gasteiger partial charge < -0.3 is 9.64 Å². The minimum Gasteiger partial charge on any atom is -0.466 e. The Hall–Kier alpha value is -1.52. The molecule has 1 unspecified atom stereocenters. The SMILES string of the molecule is CCOC(=O)C1CCCN(c2c(C)nn(C)c2C)C1. The average Bonchev–Trinajstić information content (AvgIpc) is 2.64. The van der Waals surface area contributed by atoms with Crippen LogP contribution in [0.5, 0.6) is 0 Å². The first-order valence-electron chi connectivity index (χ1n) is 6.96. The lowest BCUT2D eigenvalue weighted by Gasteiger charge is -2.33. The summed E-state index contributed by atoms with van der Waals surface area (Å²) < 4.78 is 7.05. The van der Waals surface area contributed by atoms with Crippen LogP contribution < -0.4 is 4.90 Å². The van der Waals surface area contributed by atoms with Gasteiger partial charge in [0.25, 0.3) is 0 Å². The average molecular weight is 265 g/mol. The van der Waals surface area contributed by atoms with E-state index in [1.54, 1.807) is 0 Å². The highest BCUT2D eigenvalue weighted by Gasteiger charge is 2.29. The van der Waals surface area contributed by atoms with Gasteiger partial charge >= 0.3 is 5.97 Å². The van der Waals surface area contributed by atoms with E-state index in [9.17, 15) is 4.79 Å². The third-order valence-corrected chi connectivity index (χ3v) is 3.83.